The molecule has 0 unspecified atom stereocenters. The van der Waals surface area contributed by atoms with E-state index in [-0.39, 0.29) is 6.42 Å². The van der Waals surface area contributed by atoms with E-state index in [4.69, 9.17) is 14.2 Å². The highest BCUT2D eigenvalue weighted by Crippen LogP contribution is 2.33. The molecule has 0 atom stereocenters. The molecule has 0 spiro atoms. The van der Waals surface area contributed by atoms with Crippen LogP contribution in [0.3, 0.4) is 0 Å². The minimum Gasteiger partial charge on any atom is -0.497 e. The molecule has 28 heavy (non-hydrogen) atoms. The molecule has 2 rings (SSSR count). The summed E-state index contributed by atoms with van der Waals surface area (Å²) in [5.74, 6) is 0.795. The van der Waals surface area contributed by atoms with Gasteiger partial charge in [0.05, 0.1) is 31.1 Å². The molecule has 2 aromatic rings. The summed E-state index contributed by atoms with van der Waals surface area (Å²) in [7, 11) is 4.63. The van der Waals surface area contributed by atoms with Gasteiger partial charge in [0, 0.05) is 11.8 Å². The van der Waals surface area contributed by atoms with Crippen molar-refractivity contribution in [3.05, 3.63) is 45.5 Å². The van der Waals surface area contributed by atoms with Crippen molar-refractivity contribution in [2.75, 3.05) is 26.6 Å². The topological polar surface area (TPSA) is 98.2 Å². The maximum absolute atomic E-state index is 12.0. The van der Waals surface area contributed by atoms with Gasteiger partial charge in [0.2, 0.25) is 11.8 Å². The molecule has 0 saturated heterocycles. The fraction of sp³-hybridized carbons (Fsp3) is 0.211. The molecule has 2 amide bonds. The third kappa shape index (κ3) is 6.12. The number of benzene rings is 2. The van der Waals surface area contributed by atoms with Gasteiger partial charge in [0.1, 0.15) is 12.2 Å². The van der Waals surface area contributed by atoms with E-state index in [1.54, 1.807) is 37.4 Å². The van der Waals surface area contributed by atoms with E-state index >= 15 is 0 Å². The smallest absolute Gasteiger partial charge is 0.249 e. The van der Waals surface area contributed by atoms with E-state index in [2.05, 4.69) is 38.4 Å². The van der Waals surface area contributed by atoms with Crippen molar-refractivity contribution >= 4 is 46.3 Å². The molecule has 2 N–H and O–H groups in total. The quantitative estimate of drug-likeness (QED) is 0.253. The van der Waals surface area contributed by atoms with Crippen LogP contribution >= 0.6 is 22.6 Å². The van der Waals surface area contributed by atoms with Crippen molar-refractivity contribution in [1.82, 2.24) is 5.43 Å². The second kappa shape index (κ2) is 10.5. The second-order valence-electron chi connectivity index (χ2n) is 5.49. The van der Waals surface area contributed by atoms with Crippen molar-refractivity contribution in [2.24, 2.45) is 5.10 Å². The van der Waals surface area contributed by atoms with Crippen LogP contribution in [0.4, 0.5) is 5.69 Å². The number of hydrogen-bond acceptors (Lipinski definition) is 6. The van der Waals surface area contributed by atoms with Gasteiger partial charge in [0.15, 0.2) is 11.5 Å². The average molecular weight is 497 g/mol. The number of hydrazone groups is 1. The third-order valence-corrected chi connectivity index (χ3v) is 4.33. The van der Waals surface area contributed by atoms with Gasteiger partial charge in [0.25, 0.3) is 0 Å². The number of hydrogen-bond donors (Lipinski definition) is 2. The number of rotatable bonds is 8. The zero-order chi connectivity index (χ0) is 20.5. The molecule has 0 aliphatic heterocycles. The number of methoxy groups -OCH3 is 3. The maximum atomic E-state index is 12.0. The van der Waals surface area contributed by atoms with Crippen LogP contribution in [0.2, 0.25) is 0 Å². The second-order valence-corrected chi connectivity index (χ2v) is 6.65. The third-order valence-electron chi connectivity index (χ3n) is 3.53. The lowest BCUT2D eigenvalue weighted by Crippen LogP contribution is -2.24. The molecule has 0 saturated carbocycles. The summed E-state index contributed by atoms with van der Waals surface area (Å²) in [4.78, 5) is 23.8. The number of amides is 2. The predicted molar refractivity (Wildman–Crippen MR) is 114 cm³/mol. The number of carbonyl (C=O) groups excluding carboxylic acids is 2. The molecule has 0 fully saturated rings. The highest BCUT2D eigenvalue weighted by atomic mass is 127. The summed E-state index contributed by atoms with van der Waals surface area (Å²) in [6.07, 6.45) is 1.10. The number of nitrogens with zero attached hydrogens (tertiary/aromatic N) is 1. The molecule has 8 nitrogen and oxygen atoms in total. The van der Waals surface area contributed by atoms with E-state index in [0.29, 0.717) is 28.5 Å². The molecule has 9 heteroatoms. The first-order chi connectivity index (χ1) is 13.5. The summed E-state index contributed by atoms with van der Waals surface area (Å²) in [5, 5.41) is 6.50. The fourth-order valence-electron chi connectivity index (χ4n) is 2.28. The zero-order valence-electron chi connectivity index (χ0n) is 15.6. The largest absolute Gasteiger partial charge is 0.497 e. The van der Waals surface area contributed by atoms with E-state index in [1.807, 2.05) is 6.07 Å². The van der Waals surface area contributed by atoms with Gasteiger partial charge in [-0.3, -0.25) is 9.59 Å². The minimum absolute atomic E-state index is 0.363. The normalized spacial score (nSPS) is 10.4. The molecule has 0 heterocycles. The molecule has 0 aliphatic rings. The molecule has 2 aromatic carbocycles. The molecule has 148 valence electrons. The summed E-state index contributed by atoms with van der Waals surface area (Å²) in [5.41, 5.74) is 3.58. The van der Waals surface area contributed by atoms with Crippen LogP contribution in [0.5, 0.6) is 17.2 Å². The van der Waals surface area contributed by atoms with Gasteiger partial charge in [-0.1, -0.05) is 6.07 Å². The Bertz CT molecular complexity index is 886. The number of anilines is 1. The van der Waals surface area contributed by atoms with Crippen molar-refractivity contribution in [2.45, 2.75) is 6.42 Å². The molecular weight excluding hydrogens is 477 g/mol. The Balaban J connectivity index is 1.91. The van der Waals surface area contributed by atoms with Crippen LogP contribution in [0.15, 0.2) is 41.5 Å². The van der Waals surface area contributed by atoms with Crippen LogP contribution in [0.25, 0.3) is 0 Å². The van der Waals surface area contributed by atoms with Crippen LogP contribution < -0.4 is 25.0 Å². The van der Waals surface area contributed by atoms with Gasteiger partial charge < -0.3 is 19.5 Å². The number of halogens is 1. The monoisotopic (exact) mass is 497 g/mol. The first-order valence-corrected chi connectivity index (χ1v) is 9.22. The summed E-state index contributed by atoms with van der Waals surface area (Å²) < 4.78 is 16.5. The van der Waals surface area contributed by atoms with Crippen LogP contribution in [0.1, 0.15) is 12.0 Å². The Kier molecular flexibility index (Phi) is 8.05. The van der Waals surface area contributed by atoms with E-state index < -0.39 is 11.8 Å². The molecular formula is C19H20IN3O5. The van der Waals surface area contributed by atoms with Gasteiger partial charge in [-0.25, -0.2) is 5.43 Å². The summed E-state index contributed by atoms with van der Waals surface area (Å²) >= 11 is 2.12. The first-order valence-electron chi connectivity index (χ1n) is 8.14. The number of ether oxygens (including phenoxy) is 3. The van der Waals surface area contributed by atoms with Gasteiger partial charge in [-0.2, -0.15) is 5.10 Å². The molecule has 0 bridgehead atoms. The van der Waals surface area contributed by atoms with Crippen LogP contribution in [0, 0.1) is 3.57 Å². The average Bonchev–Trinajstić information content (AvgIpc) is 2.67. The Morgan fingerprint density at radius 2 is 1.86 bits per heavy atom. The van der Waals surface area contributed by atoms with Gasteiger partial charge in [-0.05, 0) is 52.4 Å². The van der Waals surface area contributed by atoms with E-state index in [0.717, 1.165) is 3.57 Å². The Hall–Kier alpha value is -2.82. The van der Waals surface area contributed by atoms with Crippen LogP contribution in [-0.2, 0) is 9.59 Å². The maximum Gasteiger partial charge on any atom is 0.249 e. The molecule has 0 aliphatic carbocycles. The van der Waals surface area contributed by atoms with Crippen molar-refractivity contribution in [3.63, 3.8) is 0 Å². The SMILES string of the molecule is COc1cccc(NC(=O)CC(=O)NN=Cc2cc(I)c(OC)c(OC)c2)c1. The van der Waals surface area contributed by atoms with Gasteiger partial charge in [-0.15, -0.1) is 0 Å². The Morgan fingerprint density at radius 1 is 1.07 bits per heavy atom. The van der Waals surface area contributed by atoms with Crippen molar-refractivity contribution in [3.8, 4) is 17.2 Å². The summed E-state index contributed by atoms with van der Waals surface area (Å²) in [6, 6.07) is 10.4. The van der Waals surface area contributed by atoms with E-state index in [9.17, 15) is 9.59 Å². The van der Waals surface area contributed by atoms with Crippen molar-refractivity contribution < 1.29 is 23.8 Å². The standard InChI is InChI=1S/C19H20IN3O5/c1-26-14-6-4-5-13(9-14)22-17(24)10-18(25)23-21-11-12-7-15(20)19(28-3)16(8-12)27-2/h4-9,11H,10H2,1-3H3,(H,22,24)(H,23,25). The summed E-state index contributed by atoms with van der Waals surface area (Å²) in [6.45, 7) is 0. The van der Waals surface area contributed by atoms with Gasteiger partial charge >= 0.3 is 0 Å². The first kappa shape index (κ1) is 21.5. The van der Waals surface area contributed by atoms with Crippen LogP contribution in [-0.4, -0.2) is 39.4 Å². The highest BCUT2D eigenvalue weighted by Gasteiger charge is 2.11. The lowest BCUT2D eigenvalue weighted by molar-refractivity contribution is -0.126. The fourth-order valence-corrected chi connectivity index (χ4v) is 3.13. The predicted octanol–water partition coefficient (Wildman–Crippen LogP) is 2.80. The van der Waals surface area contributed by atoms with E-state index in [1.165, 1.54) is 20.4 Å². The molecule has 0 radical (unpaired) electrons. The molecule has 0 aromatic heterocycles. The lowest BCUT2D eigenvalue weighted by atomic mass is 10.2. The van der Waals surface area contributed by atoms with Crippen molar-refractivity contribution in [1.29, 1.82) is 0 Å². The number of carbonyl (C=O) groups is 2. The Labute approximate surface area is 176 Å². The minimum atomic E-state index is -0.535. The zero-order valence-corrected chi connectivity index (χ0v) is 17.8. The Morgan fingerprint density at radius 3 is 2.54 bits per heavy atom. The highest BCUT2D eigenvalue weighted by molar-refractivity contribution is 14.1. The number of nitrogens with one attached hydrogen (secondary N) is 2. The lowest BCUT2D eigenvalue weighted by Gasteiger charge is -2.10.